The summed E-state index contributed by atoms with van der Waals surface area (Å²) < 4.78 is 0. The van der Waals surface area contributed by atoms with Crippen LogP contribution in [0.4, 0.5) is 10.8 Å². The summed E-state index contributed by atoms with van der Waals surface area (Å²) in [6.45, 7) is 0. The van der Waals surface area contributed by atoms with E-state index < -0.39 is 11.9 Å². The average molecular weight is 314 g/mol. The van der Waals surface area contributed by atoms with Crippen LogP contribution in [0, 0.1) is 11.3 Å². The molecule has 2 aromatic rings. The molecule has 0 radical (unpaired) electrons. The lowest BCUT2D eigenvalue weighted by Gasteiger charge is -2.04. The van der Waals surface area contributed by atoms with Gasteiger partial charge >= 0.3 is 5.97 Å². The lowest BCUT2D eigenvalue weighted by Crippen LogP contribution is -2.14. The molecule has 22 heavy (non-hydrogen) atoms. The highest BCUT2D eigenvalue weighted by molar-refractivity contribution is 7.13. The van der Waals surface area contributed by atoms with Crippen LogP contribution < -0.4 is 10.6 Å². The van der Waals surface area contributed by atoms with E-state index in [1.807, 2.05) is 0 Å². The van der Waals surface area contributed by atoms with Crippen molar-refractivity contribution in [1.29, 1.82) is 5.26 Å². The molecule has 0 bridgehead atoms. The number of benzene rings is 1. The van der Waals surface area contributed by atoms with Crippen molar-refractivity contribution >= 4 is 34.0 Å². The van der Waals surface area contributed by atoms with Gasteiger partial charge in [-0.25, -0.2) is 9.78 Å². The maximum absolute atomic E-state index is 11.9. The summed E-state index contributed by atoms with van der Waals surface area (Å²) in [4.78, 5) is 26.6. The number of carbonyl (C=O) groups is 2. The minimum absolute atomic E-state index is 0.111. The summed E-state index contributed by atoms with van der Waals surface area (Å²) in [5.41, 5.74) is 0.377. The van der Waals surface area contributed by atoms with Crippen LogP contribution in [0.1, 0.15) is 10.4 Å². The molecule has 3 N–H and O–H groups in total. The zero-order chi connectivity index (χ0) is 15.9. The largest absolute Gasteiger partial charge is 0.478 e. The zero-order valence-corrected chi connectivity index (χ0v) is 11.9. The summed E-state index contributed by atoms with van der Waals surface area (Å²) in [5.74, 6) is -1.65. The first-order valence-corrected chi connectivity index (χ1v) is 6.89. The van der Waals surface area contributed by atoms with Crippen molar-refractivity contribution in [2.75, 3.05) is 10.6 Å². The molecule has 0 fully saturated rings. The number of carbonyl (C=O) groups excluding carboxylic acids is 1. The molecular weight excluding hydrogens is 304 g/mol. The van der Waals surface area contributed by atoms with E-state index in [4.69, 9.17) is 10.4 Å². The van der Waals surface area contributed by atoms with E-state index in [1.165, 1.54) is 41.8 Å². The van der Waals surface area contributed by atoms with Crippen LogP contribution in [-0.2, 0) is 4.79 Å². The quantitative estimate of drug-likeness (QED) is 0.576. The van der Waals surface area contributed by atoms with Crippen molar-refractivity contribution in [2.45, 2.75) is 0 Å². The smallest absolute Gasteiger partial charge is 0.335 e. The highest BCUT2D eigenvalue weighted by Gasteiger charge is 2.10. The Hall–Kier alpha value is -3.18. The molecule has 2 rings (SSSR count). The zero-order valence-electron chi connectivity index (χ0n) is 11.1. The van der Waals surface area contributed by atoms with Gasteiger partial charge in [0, 0.05) is 23.5 Å². The Labute approximate surface area is 129 Å². The molecular formula is C14H10N4O3S. The minimum Gasteiger partial charge on any atom is -0.478 e. The number of hydrogen-bond donors (Lipinski definition) is 3. The second-order valence-electron chi connectivity index (χ2n) is 3.99. The summed E-state index contributed by atoms with van der Waals surface area (Å²) in [5, 5.41) is 25.4. The van der Waals surface area contributed by atoms with E-state index >= 15 is 0 Å². The number of anilines is 2. The molecule has 1 aromatic heterocycles. The standard InChI is InChI=1S/C14H10N4O3S/c15-7-10(8-17-14-16-5-6-22-14)12(19)18-11-3-1-9(2-4-11)13(20)21/h1-6,8H,(H,16,17)(H,18,19)(H,20,21)/b10-8-. The first-order chi connectivity index (χ1) is 10.6. The molecule has 1 aromatic carbocycles. The lowest BCUT2D eigenvalue weighted by atomic mass is 10.2. The molecule has 0 saturated carbocycles. The molecule has 0 aliphatic carbocycles. The second kappa shape index (κ2) is 7.01. The predicted octanol–water partition coefficient (Wildman–Crippen LogP) is 2.30. The van der Waals surface area contributed by atoms with E-state index in [0.717, 1.165) is 0 Å². The fraction of sp³-hybridized carbons (Fsp3) is 0. The minimum atomic E-state index is -1.05. The number of hydrogen-bond acceptors (Lipinski definition) is 6. The molecule has 1 amide bonds. The molecule has 0 saturated heterocycles. The molecule has 110 valence electrons. The van der Waals surface area contributed by atoms with Gasteiger partial charge in [-0.3, -0.25) is 4.79 Å². The molecule has 0 unspecified atom stereocenters. The van der Waals surface area contributed by atoms with Crippen molar-refractivity contribution in [3.63, 3.8) is 0 Å². The van der Waals surface area contributed by atoms with Gasteiger partial charge in [-0.1, -0.05) is 0 Å². The van der Waals surface area contributed by atoms with Gasteiger partial charge in [-0.15, -0.1) is 11.3 Å². The van der Waals surface area contributed by atoms with Gasteiger partial charge in [0.05, 0.1) is 5.56 Å². The van der Waals surface area contributed by atoms with E-state index in [1.54, 1.807) is 17.6 Å². The topological polar surface area (TPSA) is 115 Å². The number of rotatable bonds is 5. The van der Waals surface area contributed by atoms with Gasteiger partial charge < -0.3 is 15.7 Å². The lowest BCUT2D eigenvalue weighted by molar-refractivity contribution is -0.112. The third-order valence-corrected chi connectivity index (χ3v) is 3.23. The summed E-state index contributed by atoms with van der Waals surface area (Å²) in [6.07, 6.45) is 2.86. The second-order valence-corrected chi connectivity index (χ2v) is 4.88. The van der Waals surface area contributed by atoms with Gasteiger partial charge in [0.1, 0.15) is 11.6 Å². The van der Waals surface area contributed by atoms with Crippen molar-refractivity contribution in [3.05, 3.63) is 53.2 Å². The van der Waals surface area contributed by atoms with E-state index in [2.05, 4.69) is 15.6 Å². The van der Waals surface area contributed by atoms with E-state index in [-0.39, 0.29) is 11.1 Å². The Morgan fingerprint density at radius 3 is 2.59 bits per heavy atom. The van der Waals surface area contributed by atoms with Gasteiger partial charge in [0.2, 0.25) is 0 Å². The number of amides is 1. The summed E-state index contributed by atoms with van der Waals surface area (Å²) in [6, 6.07) is 7.41. The van der Waals surface area contributed by atoms with Gasteiger partial charge in [0.25, 0.3) is 5.91 Å². The van der Waals surface area contributed by atoms with Crippen LogP contribution in [0.2, 0.25) is 0 Å². The number of carboxylic acid groups (broad SMARTS) is 1. The number of thiazole rings is 1. The normalized spacial score (nSPS) is 10.6. The highest BCUT2D eigenvalue weighted by atomic mass is 32.1. The van der Waals surface area contributed by atoms with Crippen LogP contribution in [0.5, 0.6) is 0 Å². The Morgan fingerprint density at radius 1 is 1.32 bits per heavy atom. The van der Waals surface area contributed by atoms with Crippen LogP contribution in [0.15, 0.2) is 47.6 Å². The number of nitrogens with one attached hydrogen (secondary N) is 2. The third-order valence-electron chi connectivity index (χ3n) is 2.53. The van der Waals surface area contributed by atoms with Gasteiger partial charge in [-0.05, 0) is 24.3 Å². The fourth-order valence-electron chi connectivity index (χ4n) is 1.47. The number of aromatic carboxylic acids is 1. The number of aromatic nitrogens is 1. The molecule has 8 heteroatoms. The average Bonchev–Trinajstić information content (AvgIpc) is 3.01. The van der Waals surface area contributed by atoms with Crippen molar-refractivity contribution in [3.8, 4) is 6.07 Å². The Morgan fingerprint density at radius 2 is 2.05 bits per heavy atom. The molecule has 0 spiro atoms. The highest BCUT2D eigenvalue weighted by Crippen LogP contribution is 2.13. The fourth-order valence-corrected chi connectivity index (χ4v) is 1.97. The Bertz CT molecular complexity index is 745. The van der Waals surface area contributed by atoms with Crippen LogP contribution >= 0.6 is 11.3 Å². The van der Waals surface area contributed by atoms with Crippen molar-refractivity contribution in [2.24, 2.45) is 0 Å². The SMILES string of the molecule is N#C/C(=C/Nc1nccs1)C(=O)Nc1ccc(C(=O)O)cc1. The van der Waals surface area contributed by atoms with Gasteiger partial charge in [0.15, 0.2) is 5.13 Å². The Balaban J connectivity index is 2.04. The molecule has 1 heterocycles. The number of carboxylic acids is 1. The first-order valence-electron chi connectivity index (χ1n) is 6.01. The third kappa shape index (κ3) is 3.91. The number of nitrogens with zero attached hydrogens (tertiary/aromatic N) is 2. The maximum Gasteiger partial charge on any atom is 0.335 e. The van der Waals surface area contributed by atoms with Crippen molar-refractivity contribution < 1.29 is 14.7 Å². The van der Waals surface area contributed by atoms with Crippen LogP contribution in [0.3, 0.4) is 0 Å². The summed E-state index contributed by atoms with van der Waals surface area (Å²) in [7, 11) is 0. The van der Waals surface area contributed by atoms with Gasteiger partial charge in [-0.2, -0.15) is 5.26 Å². The predicted molar refractivity (Wildman–Crippen MR) is 81.5 cm³/mol. The van der Waals surface area contributed by atoms with E-state index in [9.17, 15) is 9.59 Å². The Kier molecular flexibility index (Phi) is 4.85. The molecule has 0 aliphatic heterocycles. The molecule has 7 nitrogen and oxygen atoms in total. The number of nitriles is 1. The monoisotopic (exact) mass is 314 g/mol. The molecule has 0 atom stereocenters. The first kappa shape index (κ1) is 15.2. The molecule has 0 aliphatic rings. The summed E-state index contributed by atoms with van der Waals surface area (Å²) >= 11 is 1.33. The van der Waals surface area contributed by atoms with Crippen molar-refractivity contribution in [1.82, 2.24) is 4.98 Å². The van der Waals surface area contributed by atoms with Crippen LogP contribution in [-0.4, -0.2) is 22.0 Å². The van der Waals surface area contributed by atoms with Crippen LogP contribution in [0.25, 0.3) is 0 Å². The maximum atomic E-state index is 11.9. The van der Waals surface area contributed by atoms with E-state index in [0.29, 0.717) is 10.8 Å².